The Labute approximate surface area is 319 Å². The van der Waals surface area contributed by atoms with Gasteiger partial charge in [0.15, 0.2) is 0 Å². The van der Waals surface area contributed by atoms with E-state index < -0.39 is 0 Å². The molecule has 0 saturated heterocycles. The minimum Gasteiger partial charge on any atom is -0.309 e. The van der Waals surface area contributed by atoms with Crippen LogP contribution in [0.3, 0.4) is 0 Å². The van der Waals surface area contributed by atoms with Crippen molar-refractivity contribution >= 4 is 65.4 Å². The zero-order chi connectivity index (χ0) is 36.8. The Balaban J connectivity index is 1.18. The minimum absolute atomic E-state index is 0.0423. The molecule has 262 valence electrons. The molecule has 3 heterocycles. The lowest BCUT2D eigenvalue weighted by Crippen LogP contribution is -2.10. The molecule has 11 aromatic rings. The van der Waals surface area contributed by atoms with E-state index in [1.807, 2.05) is 0 Å². The van der Waals surface area contributed by atoms with Gasteiger partial charge >= 0.3 is 0 Å². The molecule has 3 aromatic heterocycles. The van der Waals surface area contributed by atoms with E-state index >= 15 is 0 Å². The normalized spacial score (nSPS) is 12.3. The summed E-state index contributed by atoms with van der Waals surface area (Å²) >= 11 is 0. The molecule has 0 fully saturated rings. The molecule has 0 atom stereocenters. The zero-order valence-electron chi connectivity index (χ0n) is 31.2. The highest BCUT2D eigenvalue weighted by molar-refractivity contribution is 6.29. The summed E-state index contributed by atoms with van der Waals surface area (Å²) in [4.78, 5) is 0. The van der Waals surface area contributed by atoms with Crippen molar-refractivity contribution in [1.82, 2.24) is 13.7 Å². The fourth-order valence-electron chi connectivity index (χ4n) is 9.06. The Morgan fingerprint density at radius 2 is 0.855 bits per heavy atom. The van der Waals surface area contributed by atoms with E-state index in [2.05, 4.69) is 216 Å². The molecule has 8 aromatic carbocycles. The second-order valence-electron chi connectivity index (χ2n) is 15.8. The highest BCUT2D eigenvalue weighted by Crippen LogP contribution is 2.44. The van der Waals surface area contributed by atoms with Gasteiger partial charge in [0.05, 0.1) is 38.8 Å². The van der Waals surface area contributed by atoms with Gasteiger partial charge in [-0.05, 0) is 89.3 Å². The van der Waals surface area contributed by atoms with Crippen molar-refractivity contribution in [1.29, 1.82) is 0 Å². The molecular weight excluding hydrogens is 667 g/mol. The van der Waals surface area contributed by atoms with E-state index in [1.165, 1.54) is 99.2 Å². The molecule has 0 aliphatic carbocycles. The summed E-state index contributed by atoms with van der Waals surface area (Å²) in [6.07, 6.45) is 0. The minimum atomic E-state index is 0.0423. The SMILES string of the molecule is CC(C)(C)c1ccc2c3cc(-c4ccccc4-n4c5ccccc5c5c6c7ccccc7n(-c7ccccc7)c6ccc54)ccc3n(-c3ccccc3)c2c1. The quantitative estimate of drug-likeness (QED) is 0.173. The molecule has 0 radical (unpaired) electrons. The van der Waals surface area contributed by atoms with E-state index in [1.54, 1.807) is 0 Å². The molecule has 0 spiro atoms. The maximum absolute atomic E-state index is 2.49. The topological polar surface area (TPSA) is 14.8 Å². The second kappa shape index (κ2) is 11.8. The van der Waals surface area contributed by atoms with Crippen molar-refractivity contribution in [3.63, 3.8) is 0 Å². The van der Waals surface area contributed by atoms with Crippen LogP contribution in [-0.4, -0.2) is 13.7 Å². The van der Waals surface area contributed by atoms with E-state index in [0.29, 0.717) is 0 Å². The van der Waals surface area contributed by atoms with E-state index in [4.69, 9.17) is 0 Å². The third kappa shape index (κ3) is 4.69. The van der Waals surface area contributed by atoms with Crippen LogP contribution in [0.5, 0.6) is 0 Å². The lowest BCUT2D eigenvalue weighted by Gasteiger charge is -2.19. The molecule has 0 N–H and O–H groups in total. The third-order valence-corrected chi connectivity index (χ3v) is 11.6. The van der Waals surface area contributed by atoms with Gasteiger partial charge in [-0.1, -0.05) is 130 Å². The van der Waals surface area contributed by atoms with Crippen molar-refractivity contribution in [2.45, 2.75) is 26.2 Å². The number of rotatable bonds is 4. The number of aromatic nitrogens is 3. The van der Waals surface area contributed by atoms with Crippen LogP contribution >= 0.6 is 0 Å². The van der Waals surface area contributed by atoms with Gasteiger partial charge in [0.25, 0.3) is 0 Å². The first-order valence-electron chi connectivity index (χ1n) is 19.2. The predicted molar refractivity (Wildman–Crippen MR) is 234 cm³/mol. The molecule has 0 amide bonds. The van der Waals surface area contributed by atoms with Gasteiger partial charge in [-0.3, -0.25) is 0 Å². The van der Waals surface area contributed by atoms with Gasteiger partial charge in [-0.2, -0.15) is 0 Å². The van der Waals surface area contributed by atoms with Crippen LogP contribution in [-0.2, 0) is 5.41 Å². The van der Waals surface area contributed by atoms with Gasteiger partial charge in [0.2, 0.25) is 0 Å². The van der Waals surface area contributed by atoms with Crippen LogP contribution in [0.4, 0.5) is 0 Å². The van der Waals surface area contributed by atoms with Crippen molar-refractivity contribution in [2.75, 3.05) is 0 Å². The highest BCUT2D eigenvalue weighted by atomic mass is 15.0. The molecule has 11 rings (SSSR count). The van der Waals surface area contributed by atoms with Crippen LogP contribution in [0.25, 0.3) is 93.6 Å². The molecule has 0 saturated carbocycles. The fraction of sp³-hybridized carbons (Fsp3) is 0.0769. The van der Waals surface area contributed by atoms with Gasteiger partial charge < -0.3 is 13.7 Å². The maximum atomic E-state index is 2.49. The molecule has 55 heavy (non-hydrogen) atoms. The second-order valence-corrected chi connectivity index (χ2v) is 15.8. The third-order valence-electron chi connectivity index (χ3n) is 11.6. The zero-order valence-corrected chi connectivity index (χ0v) is 31.2. The summed E-state index contributed by atoms with van der Waals surface area (Å²) in [6.45, 7) is 6.87. The lowest BCUT2D eigenvalue weighted by atomic mass is 9.86. The maximum Gasteiger partial charge on any atom is 0.0549 e. The number of hydrogen-bond donors (Lipinski definition) is 0. The molecular formula is C52H39N3. The van der Waals surface area contributed by atoms with Crippen molar-refractivity contribution in [3.05, 3.63) is 188 Å². The molecule has 0 bridgehead atoms. The average Bonchev–Trinajstić information content (AvgIpc) is 3.86. The van der Waals surface area contributed by atoms with E-state index in [0.717, 1.165) is 0 Å². The van der Waals surface area contributed by atoms with Crippen LogP contribution in [0.15, 0.2) is 182 Å². The van der Waals surface area contributed by atoms with Gasteiger partial charge in [0.1, 0.15) is 0 Å². The Hall–Kier alpha value is -6.84. The summed E-state index contributed by atoms with van der Waals surface area (Å²) in [7, 11) is 0. The number of fused-ring (bicyclic) bond motifs is 10. The van der Waals surface area contributed by atoms with Crippen LogP contribution in [0.1, 0.15) is 26.3 Å². The van der Waals surface area contributed by atoms with Crippen molar-refractivity contribution < 1.29 is 0 Å². The summed E-state index contributed by atoms with van der Waals surface area (Å²) < 4.78 is 7.33. The van der Waals surface area contributed by atoms with Crippen molar-refractivity contribution in [2.24, 2.45) is 0 Å². The predicted octanol–water partition coefficient (Wildman–Crippen LogP) is 13.9. The Morgan fingerprint density at radius 3 is 1.51 bits per heavy atom. The summed E-state index contributed by atoms with van der Waals surface area (Å²) in [6, 6.07) is 66.9. The molecule has 3 nitrogen and oxygen atoms in total. The first-order chi connectivity index (χ1) is 27.0. The Morgan fingerprint density at radius 1 is 0.345 bits per heavy atom. The van der Waals surface area contributed by atoms with Crippen LogP contribution in [0.2, 0.25) is 0 Å². The first-order valence-corrected chi connectivity index (χ1v) is 19.2. The Bertz CT molecular complexity index is 3280. The van der Waals surface area contributed by atoms with E-state index in [9.17, 15) is 0 Å². The van der Waals surface area contributed by atoms with Crippen LogP contribution < -0.4 is 0 Å². The molecule has 0 unspecified atom stereocenters. The average molecular weight is 706 g/mol. The molecule has 0 aliphatic rings. The highest BCUT2D eigenvalue weighted by Gasteiger charge is 2.23. The molecule has 0 aliphatic heterocycles. The number of nitrogens with zero attached hydrogens (tertiary/aromatic N) is 3. The Kier molecular flexibility index (Phi) is 6.81. The number of benzene rings is 8. The largest absolute Gasteiger partial charge is 0.309 e. The standard InChI is InChI=1S/C52H39N3/c1-52(2,3)35-27-28-39-42-32-34(26-29-46(42)54(49(39)33-35)37-18-8-5-9-19-37)38-20-10-13-23-43(38)55-45-25-15-12-22-41(45)51-48(55)31-30-47-50(51)40-21-11-14-24-44(40)53(47)36-16-6-4-7-17-36/h4-33H,1-3H3. The monoisotopic (exact) mass is 705 g/mol. The first kappa shape index (κ1) is 31.7. The molecule has 3 heteroatoms. The lowest BCUT2D eigenvalue weighted by molar-refractivity contribution is 0.591. The van der Waals surface area contributed by atoms with Gasteiger partial charge in [-0.15, -0.1) is 0 Å². The number of para-hydroxylation sites is 5. The van der Waals surface area contributed by atoms with Gasteiger partial charge in [-0.25, -0.2) is 0 Å². The fourth-order valence-corrected chi connectivity index (χ4v) is 9.06. The van der Waals surface area contributed by atoms with E-state index in [-0.39, 0.29) is 5.41 Å². The summed E-state index contributed by atoms with van der Waals surface area (Å²) in [5, 5.41) is 7.60. The summed E-state index contributed by atoms with van der Waals surface area (Å²) in [5.41, 5.74) is 14.6. The smallest absolute Gasteiger partial charge is 0.0549 e. The van der Waals surface area contributed by atoms with Gasteiger partial charge in [0, 0.05) is 49.3 Å². The van der Waals surface area contributed by atoms with Crippen molar-refractivity contribution in [3.8, 4) is 28.2 Å². The summed E-state index contributed by atoms with van der Waals surface area (Å²) in [5.74, 6) is 0. The van der Waals surface area contributed by atoms with Crippen LogP contribution in [0, 0.1) is 0 Å². The number of hydrogen-bond acceptors (Lipinski definition) is 0.